The molecule has 0 aliphatic carbocycles. The Bertz CT molecular complexity index is 1050. The Morgan fingerprint density at radius 3 is 2.26 bits per heavy atom. The Kier molecular flexibility index (Phi) is 5.41. The van der Waals surface area contributed by atoms with E-state index in [-0.39, 0.29) is 10.3 Å². The van der Waals surface area contributed by atoms with Crippen molar-refractivity contribution in [2.45, 2.75) is 31.1 Å². The molecule has 7 heteroatoms. The monoisotopic (exact) mass is 383 g/mol. The molecule has 0 bridgehead atoms. The van der Waals surface area contributed by atoms with Crippen LogP contribution < -0.4 is 10.2 Å². The second-order valence-electron chi connectivity index (χ2n) is 6.33. The minimum absolute atomic E-state index is 0.0880. The van der Waals surface area contributed by atoms with Crippen LogP contribution in [0.5, 0.6) is 0 Å². The smallest absolute Gasteiger partial charge is 0.261 e. The number of nitrogens with zero attached hydrogens (tertiary/aromatic N) is 2. The summed E-state index contributed by atoms with van der Waals surface area (Å²) in [6, 6.07) is 13.1. The first-order valence-corrected chi connectivity index (χ1v) is 10.1. The molecule has 0 aliphatic heterocycles. The Morgan fingerprint density at radius 2 is 1.70 bits per heavy atom. The maximum Gasteiger partial charge on any atom is 0.261 e. The molecule has 27 heavy (non-hydrogen) atoms. The van der Waals surface area contributed by atoms with Crippen molar-refractivity contribution in [2.75, 3.05) is 4.72 Å². The van der Waals surface area contributed by atoms with Gasteiger partial charge in [-0.25, -0.2) is 13.4 Å². The zero-order valence-corrected chi connectivity index (χ0v) is 16.0. The van der Waals surface area contributed by atoms with E-state index in [1.165, 1.54) is 18.3 Å². The third kappa shape index (κ3) is 4.43. The number of benzene rings is 1. The highest BCUT2D eigenvalue weighted by atomic mass is 32.2. The van der Waals surface area contributed by atoms with Crippen LogP contribution >= 0.6 is 0 Å². The Morgan fingerprint density at radius 1 is 1.04 bits per heavy atom. The number of anilines is 1. The summed E-state index contributed by atoms with van der Waals surface area (Å²) in [6.45, 7) is 4.21. The van der Waals surface area contributed by atoms with E-state index in [0.717, 1.165) is 12.0 Å². The highest BCUT2D eigenvalue weighted by Crippen LogP contribution is 2.22. The van der Waals surface area contributed by atoms with E-state index in [0.29, 0.717) is 17.4 Å². The van der Waals surface area contributed by atoms with Crippen molar-refractivity contribution >= 4 is 15.7 Å². The zero-order valence-electron chi connectivity index (χ0n) is 15.2. The number of sulfonamides is 1. The molecule has 1 N–H and O–H groups in total. The summed E-state index contributed by atoms with van der Waals surface area (Å²) in [5, 5.41) is 0. The van der Waals surface area contributed by atoms with Gasteiger partial charge in [-0.2, -0.15) is 0 Å². The molecule has 3 rings (SSSR count). The lowest BCUT2D eigenvalue weighted by Gasteiger charge is -2.12. The molecule has 1 atom stereocenters. The third-order valence-electron chi connectivity index (χ3n) is 4.44. The van der Waals surface area contributed by atoms with Crippen LogP contribution in [-0.4, -0.2) is 18.0 Å². The summed E-state index contributed by atoms with van der Waals surface area (Å²) >= 11 is 0. The fourth-order valence-corrected chi connectivity index (χ4v) is 3.63. The van der Waals surface area contributed by atoms with Crippen LogP contribution in [0.25, 0.3) is 5.82 Å². The maximum absolute atomic E-state index is 12.6. The zero-order chi connectivity index (χ0) is 19.4. The number of hydrogen-bond acceptors (Lipinski definition) is 4. The molecule has 6 nitrogen and oxygen atoms in total. The van der Waals surface area contributed by atoms with Crippen molar-refractivity contribution in [3.05, 3.63) is 82.9 Å². The van der Waals surface area contributed by atoms with Gasteiger partial charge in [0.15, 0.2) is 5.43 Å². The van der Waals surface area contributed by atoms with E-state index < -0.39 is 10.0 Å². The summed E-state index contributed by atoms with van der Waals surface area (Å²) in [7, 11) is -3.68. The van der Waals surface area contributed by atoms with Crippen LogP contribution in [0.15, 0.2) is 76.8 Å². The average molecular weight is 383 g/mol. The lowest BCUT2D eigenvalue weighted by atomic mass is 9.99. The summed E-state index contributed by atoms with van der Waals surface area (Å²) in [6.07, 6.45) is 5.65. The first kappa shape index (κ1) is 18.8. The van der Waals surface area contributed by atoms with Gasteiger partial charge in [-0.3, -0.25) is 9.52 Å². The van der Waals surface area contributed by atoms with E-state index in [9.17, 15) is 13.2 Å². The van der Waals surface area contributed by atoms with E-state index >= 15 is 0 Å². The molecule has 2 aromatic heterocycles. The van der Waals surface area contributed by atoms with E-state index in [1.807, 2.05) is 12.1 Å². The molecule has 0 unspecified atom stereocenters. The topological polar surface area (TPSA) is 81.1 Å². The molecule has 1 aromatic carbocycles. The van der Waals surface area contributed by atoms with Crippen LogP contribution in [0.4, 0.5) is 5.69 Å². The van der Waals surface area contributed by atoms with E-state index in [2.05, 4.69) is 23.6 Å². The largest absolute Gasteiger partial charge is 0.308 e. The molecule has 140 valence electrons. The Balaban J connectivity index is 1.77. The normalized spacial score (nSPS) is 12.5. The molecule has 0 radical (unpaired) electrons. The summed E-state index contributed by atoms with van der Waals surface area (Å²) < 4.78 is 29.3. The van der Waals surface area contributed by atoms with Crippen LogP contribution in [0.1, 0.15) is 31.7 Å². The molecule has 3 aromatic rings. The van der Waals surface area contributed by atoms with Gasteiger partial charge in [0.1, 0.15) is 5.82 Å². The first-order valence-electron chi connectivity index (χ1n) is 8.66. The highest BCUT2D eigenvalue weighted by molar-refractivity contribution is 7.92. The molecule has 0 spiro atoms. The van der Waals surface area contributed by atoms with Gasteiger partial charge in [0.05, 0.1) is 16.8 Å². The number of aromatic nitrogens is 2. The predicted molar refractivity (Wildman–Crippen MR) is 106 cm³/mol. The molecular formula is C20H21N3O3S. The first-order chi connectivity index (χ1) is 12.9. The van der Waals surface area contributed by atoms with Crippen LogP contribution in [-0.2, 0) is 10.0 Å². The van der Waals surface area contributed by atoms with Crippen molar-refractivity contribution in [1.29, 1.82) is 0 Å². The maximum atomic E-state index is 12.6. The summed E-state index contributed by atoms with van der Waals surface area (Å²) in [5.74, 6) is 0.968. The number of rotatable bonds is 6. The van der Waals surface area contributed by atoms with Crippen LogP contribution in [0.2, 0.25) is 0 Å². The van der Waals surface area contributed by atoms with Crippen LogP contribution in [0, 0.1) is 0 Å². The van der Waals surface area contributed by atoms with Crippen molar-refractivity contribution < 1.29 is 8.42 Å². The molecule has 0 saturated heterocycles. The highest BCUT2D eigenvalue weighted by Gasteiger charge is 2.15. The minimum Gasteiger partial charge on any atom is -0.308 e. The SMILES string of the molecule is CC[C@@H](C)c1ccc(S(=O)(=O)Nc2ccc(-n3ccc(=O)cc3)nc2)cc1. The van der Waals surface area contributed by atoms with Crippen molar-refractivity contribution in [2.24, 2.45) is 0 Å². The van der Waals surface area contributed by atoms with Gasteiger partial charge >= 0.3 is 0 Å². The van der Waals surface area contributed by atoms with Gasteiger partial charge in [-0.15, -0.1) is 0 Å². The van der Waals surface area contributed by atoms with Gasteiger partial charge in [-0.05, 0) is 42.2 Å². The van der Waals surface area contributed by atoms with Gasteiger partial charge in [0, 0.05) is 24.5 Å². The van der Waals surface area contributed by atoms with Gasteiger partial charge in [-0.1, -0.05) is 26.0 Å². The van der Waals surface area contributed by atoms with E-state index in [1.54, 1.807) is 41.2 Å². The Hall–Kier alpha value is -2.93. The number of nitrogens with one attached hydrogen (secondary N) is 1. The third-order valence-corrected chi connectivity index (χ3v) is 5.83. The average Bonchev–Trinajstić information content (AvgIpc) is 2.68. The molecule has 0 fully saturated rings. The van der Waals surface area contributed by atoms with E-state index in [4.69, 9.17) is 0 Å². The van der Waals surface area contributed by atoms with Gasteiger partial charge in [0.25, 0.3) is 10.0 Å². The summed E-state index contributed by atoms with van der Waals surface area (Å²) in [4.78, 5) is 15.6. The fraction of sp³-hybridized carbons (Fsp3) is 0.200. The van der Waals surface area contributed by atoms with Crippen LogP contribution in [0.3, 0.4) is 0 Å². The molecule has 0 aliphatic rings. The van der Waals surface area contributed by atoms with Crippen molar-refractivity contribution in [3.63, 3.8) is 0 Å². The lowest BCUT2D eigenvalue weighted by Crippen LogP contribution is -2.13. The molecule has 0 amide bonds. The second-order valence-corrected chi connectivity index (χ2v) is 8.01. The quantitative estimate of drug-likeness (QED) is 0.706. The minimum atomic E-state index is -3.68. The molecule has 2 heterocycles. The second kappa shape index (κ2) is 7.75. The molecular weight excluding hydrogens is 362 g/mol. The lowest BCUT2D eigenvalue weighted by molar-refractivity contribution is 0.601. The van der Waals surface area contributed by atoms with Gasteiger partial charge in [0.2, 0.25) is 0 Å². The number of pyridine rings is 2. The van der Waals surface area contributed by atoms with Gasteiger partial charge < -0.3 is 4.57 Å². The number of hydrogen-bond donors (Lipinski definition) is 1. The predicted octanol–water partition coefficient (Wildman–Crippen LogP) is 3.55. The fourth-order valence-electron chi connectivity index (χ4n) is 2.59. The standard InChI is InChI=1S/C20H21N3O3S/c1-3-15(2)16-4-7-19(8-5-16)27(25,26)22-17-6-9-20(21-14-17)23-12-10-18(24)11-13-23/h4-15,22H,3H2,1-2H3/t15-/m1/s1. The Labute approximate surface area is 158 Å². The van der Waals surface area contributed by atoms with Crippen molar-refractivity contribution in [3.8, 4) is 5.82 Å². The summed E-state index contributed by atoms with van der Waals surface area (Å²) in [5.41, 5.74) is 1.39. The van der Waals surface area contributed by atoms with Crippen molar-refractivity contribution in [1.82, 2.24) is 9.55 Å². The molecule has 0 saturated carbocycles.